The van der Waals surface area contributed by atoms with Gasteiger partial charge in [0.15, 0.2) is 6.29 Å². The van der Waals surface area contributed by atoms with E-state index in [0.29, 0.717) is 10.9 Å². The van der Waals surface area contributed by atoms with Crippen LogP contribution in [-0.4, -0.2) is 111 Å². The summed E-state index contributed by atoms with van der Waals surface area (Å²) in [5.74, 6) is -0.407. The Labute approximate surface area is 215 Å². The van der Waals surface area contributed by atoms with Crippen LogP contribution in [0.5, 0.6) is 5.75 Å². The number of carbonyl (C=O) groups excluding carboxylic acids is 1. The van der Waals surface area contributed by atoms with E-state index in [-0.39, 0.29) is 11.3 Å². The predicted molar refractivity (Wildman–Crippen MR) is 126 cm³/mol. The van der Waals surface area contributed by atoms with Crippen LogP contribution in [0.4, 0.5) is 0 Å². The highest BCUT2D eigenvalue weighted by atomic mass is 16.7. The Morgan fingerprint density at radius 1 is 0.947 bits per heavy atom. The maximum Gasteiger partial charge on any atom is 0.336 e. The number of nitrogens with one attached hydrogen (secondary N) is 1. The molecule has 0 bridgehead atoms. The van der Waals surface area contributed by atoms with Crippen LogP contribution in [0.15, 0.2) is 33.5 Å². The lowest BCUT2D eigenvalue weighted by atomic mass is 9.95. The molecule has 2 aromatic rings. The zero-order valence-corrected chi connectivity index (χ0v) is 20.5. The molecular formula is C24H31NO13. The van der Waals surface area contributed by atoms with Crippen LogP contribution >= 0.6 is 0 Å². The van der Waals surface area contributed by atoms with Gasteiger partial charge >= 0.3 is 5.63 Å². The van der Waals surface area contributed by atoms with Gasteiger partial charge in [-0.15, -0.1) is 0 Å². The van der Waals surface area contributed by atoms with E-state index < -0.39 is 86.1 Å². The van der Waals surface area contributed by atoms with Crippen molar-refractivity contribution in [3.8, 4) is 5.75 Å². The summed E-state index contributed by atoms with van der Waals surface area (Å²) in [4.78, 5) is 23.9. The average Bonchev–Trinajstić information content (AvgIpc) is 2.87. The Kier molecular flexibility index (Phi) is 8.66. The number of carbonyl (C=O) groups is 1. The van der Waals surface area contributed by atoms with Crippen LogP contribution in [0, 0.1) is 6.92 Å². The minimum absolute atomic E-state index is 0.159. The summed E-state index contributed by atoms with van der Waals surface area (Å²) in [6, 6.07) is 4.74. The van der Waals surface area contributed by atoms with Crippen molar-refractivity contribution in [2.45, 2.75) is 75.2 Å². The highest BCUT2D eigenvalue weighted by Gasteiger charge is 2.52. The fourth-order valence-electron chi connectivity index (χ4n) is 4.57. The molecule has 2 saturated heterocycles. The largest absolute Gasteiger partial charge is 0.462 e. The summed E-state index contributed by atoms with van der Waals surface area (Å²) in [7, 11) is 0. The highest BCUT2D eigenvalue weighted by Crippen LogP contribution is 2.31. The Bertz CT molecular complexity index is 1190. The maximum atomic E-state index is 12.1. The van der Waals surface area contributed by atoms with Crippen LogP contribution < -0.4 is 15.7 Å². The number of rotatable bonds is 7. The Balaban J connectivity index is 1.65. The lowest BCUT2D eigenvalue weighted by molar-refractivity contribution is -0.339. The van der Waals surface area contributed by atoms with Crippen molar-refractivity contribution in [1.29, 1.82) is 0 Å². The summed E-state index contributed by atoms with van der Waals surface area (Å²) >= 11 is 0. The zero-order chi connectivity index (χ0) is 27.7. The van der Waals surface area contributed by atoms with E-state index in [1.165, 1.54) is 19.1 Å². The number of aliphatic hydroxyl groups is 6. The van der Waals surface area contributed by atoms with Gasteiger partial charge in [-0.1, -0.05) is 0 Å². The molecule has 1 aromatic heterocycles. The van der Waals surface area contributed by atoms with Gasteiger partial charge in [-0.25, -0.2) is 4.79 Å². The maximum absolute atomic E-state index is 12.1. The summed E-state index contributed by atoms with van der Waals surface area (Å²) in [5.41, 5.74) is 0.352. The molecule has 0 spiro atoms. The summed E-state index contributed by atoms with van der Waals surface area (Å²) < 4.78 is 28.0. The predicted octanol–water partition coefficient (Wildman–Crippen LogP) is -2.75. The summed E-state index contributed by atoms with van der Waals surface area (Å²) in [6.45, 7) is 1.54. The topological polar surface area (TPSA) is 218 Å². The molecule has 1 amide bonds. The molecule has 0 radical (unpaired) electrons. The van der Waals surface area contributed by atoms with Crippen molar-refractivity contribution in [2.75, 3.05) is 13.2 Å². The number of hydrogen-bond donors (Lipinski definition) is 7. The third kappa shape index (κ3) is 5.68. The smallest absolute Gasteiger partial charge is 0.336 e. The molecule has 2 aliphatic heterocycles. The number of aryl methyl sites for hydroxylation is 1. The van der Waals surface area contributed by atoms with Gasteiger partial charge in [-0.3, -0.25) is 4.79 Å². The number of hydrogen-bond acceptors (Lipinski definition) is 13. The Morgan fingerprint density at radius 3 is 2.26 bits per heavy atom. The van der Waals surface area contributed by atoms with Gasteiger partial charge in [0.2, 0.25) is 12.2 Å². The van der Waals surface area contributed by atoms with Gasteiger partial charge in [-0.2, -0.15) is 0 Å². The van der Waals surface area contributed by atoms with E-state index in [9.17, 15) is 40.2 Å². The van der Waals surface area contributed by atoms with Gasteiger partial charge in [0, 0.05) is 24.4 Å². The normalized spacial score (nSPS) is 35.7. The van der Waals surface area contributed by atoms with Crippen molar-refractivity contribution in [1.82, 2.24) is 5.32 Å². The minimum atomic E-state index is -1.79. The molecule has 4 rings (SSSR count). The highest BCUT2D eigenvalue weighted by molar-refractivity contribution is 5.81. The van der Waals surface area contributed by atoms with Crippen LogP contribution in [0.2, 0.25) is 0 Å². The first-order valence-electron chi connectivity index (χ1n) is 11.9. The van der Waals surface area contributed by atoms with Crippen LogP contribution in [0.1, 0.15) is 12.5 Å². The molecule has 210 valence electrons. The fourth-order valence-corrected chi connectivity index (χ4v) is 4.57. The SMILES string of the molecule is CC(=O)N[C@@H]1[C@H](Oc2ccc3c(C)cc(=O)oc3c2)O[C@H](CO)[C@H](O)[C@H]1O[C@H]1O[C@@H](CO)[C@H](O)[C@@H](O)[C@@H]1O. The van der Waals surface area contributed by atoms with E-state index >= 15 is 0 Å². The average molecular weight is 542 g/mol. The number of aliphatic hydroxyl groups excluding tert-OH is 6. The molecule has 14 nitrogen and oxygen atoms in total. The molecule has 1 aromatic carbocycles. The zero-order valence-electron chi connectivity index (χ0n) is 20.5. The second-order valence-electron chi connectivity index (χ2n) is 9.26. The second-order valence-corrected chi connectivity index (χ2v) is 9.26. The second kappa shape index (κ2) is 11.6. The number of ether oxygens (including phenoxy) is 4. The van der Waals surface area contributed by atoms with E-state index in [2.05, 4.69) is 5.32 Å². The van der Waals surface area contributed by atoms with E-state index in [4.69, 9.17) is 23.4 Å². The first kappa shape index (κ1) is 28.4. The van der Waals surface area contributed by atoms with Crippen molar-refractivity contribution in [3.05, 3.63) is 40.2 Å². The third-order valence-electron chi connectivity index (χ3n) is 6.54. The molecule has 0 aliphatic carbocycles. The van der Waals surface area contributed by atoms with E-state index in [1.807, 2.05) is 0 Å². The lowest BCUT2D eigenvalue weighted by Crippen LogP contribution is -2.68. The Morgan fingerprint density at radius 2 is 1.61 bits per heavy atom. The molecule has 10 atom stereocenters. The molecule has 38 heavy (non-hydrogen) atoms. The van der Waals surface area contributed by atoms with Gasteiger partial charge in [-0.05, 0) is 24.6 Å². The van der Waals surface area contributed by atoms with Crippen molar-refractivity contribution in [3.63, 3.8) is 0 Å². The quantitative estimate of drug-likeness (QED) is 0.177. The molecule has 3 heterocycles. The van der Waals surface area contributed by atoms with Crippen molar-refractivity contribution >= 4 is 16.9 Å². The van der Waals surface area contributed by atoms with Crippen LogP contribution in [-0.2, 0) is 19.0 Å². The monoisotopic (exact) mass is 541 g/mol. The molecule has 7 N–H and O–H groups in total. The first-order valence-corrected chi connectivity index (χ1v) is 11.9. The minimum Gasteiger partial charge on any atom is -0.462 e. The Hall–Kier alpha value is -2.66. The van der Waals surface area contributed by atoms with E-state index in [1.54, 1.807) is 19.1 Å². The van der Waals surface area contributed by atoms with Crippen molar-refractivity contribution in [2.24, 2.45) is 0 Å². The standard InChI is InChI=1S/C24H31NO13/c1-9-5-16(29)35-13-6-11(3-4-12(9)13)34-23-17(25-10(2)28)22(19(31)15(8-27)36-23)38-24-21(33)20(32)18(30)14(7-26)37-24/h3-6,14-15,17-24,26-27,30-33H,7-8H2,1-2H3,(H,25,28)/t14-,15+,17-,18-,19-,20+,21-,22-,23+,24+/m0/s1. The summed E-state index contributed by atoms with van der Waals surface area (Å²) in [5, 5.41) is 64.0. The molecule has 0 saturated carbocycles. The molecular weight excluding hydrogens is 510 g/mol. The fraction of sp³-hybridized carbons (Fsp3) is 0.583. The van der Waals surface area contributed by atoms with E-state index in [0.717, 1.165) is 0 Å². The van der Waals surface area contributed by atoms with Crippen LogP contribution in [0.3, 0.4) is 0 Å². The van der Waals surface area contributed by atoms with Gasteiger partial charge in [0.05, 0.1) is 13.2 Å². The van der Waals surface area contributed by atoms with Gasteiger partial charge < -0.3 is 59.3 Å². The molecule has 14 heteroatoms. The van der Waals surface area contributed by atoms with Crippen LogP contribution in [0.25, 0.3) is 11.0 Å². The molecule has 2 aliphatic rings. The first-order chi connectivity index (χ1) is 18.0. The number of amides is 1. The third-order valence-corrected chi connectivity index (χ3v) is 6.54. The lowest BCUT2D eigenvalue weighted by Gasteiger charge is -2.47. The molecule has 0 unspecified atom stereocenters. The van der Waals surface area contributed by atoms with Crippen molar-refractivity contribution < 1.29 is 58.8 Å². The number of fused-ring (bicyclic) bond motifs is 1. The number of benzene rings is 1. The summed E-state index contributed by atoms with van der Waals surface area (Å²) in [6.07, 6.45) is -13.8. The van der Waals surface area contributed by atoms with Gasteiger partial charge in [0.1, 0.15) is 60.1 Å². The molecule has 2 fully saturated rings. The van der Waals surface area contributed by atoms with Gasteiger partial charge in [0.25, 0.3) is 0 Å².